The summed E-state index contributed by atoms with van der Waals surface area (Å²) < 4.78 is 2.14. The molecule has 0 aliphatic rings. The van der Waals surface area contributed by atoms with Crippen molar-refractivity contribution in [3.63, 3.8) is 0 Å². The molecule has 2 aromatic carbocycles. The van der Waals surface area contributed by atoms with Crippen molar-refractivity contribution in [1.29, 1.82) is 0 Å². The molecule has 1 amide bonds. The van der Waals surface area contributed by atoms with Gasteiger partial charge in [-0.1, -0.05) is 54.1 Å². The highest BCUT2D eigenvalue weighted by Crippen LogP contribution is 2.34. The Labute approximate surface area is 171 Å². The van der Waals surface area contributed by atoms with Gasteiger partial charge in [0.2, 0.25) is 5.91 Å². The summed E-state index contributed by atoms with van der Waals surface area (Å²) >= 11 is 0. The molecule has 4 rings (SSSR count). The lowest BCUT2D eigenvalue weighted by Gasteiger charge is -2.17. The Bertz CT molecular complexity index is 1110. The van der Waals surface area contributed by atoms with Gasteiger partial charge in [0.05, 0.1) is 12.2 Å². The van der Waals surface area contributed by atoms with Gasteiger partial charge in [0.15, 0.2) is 0 Å². The van der Waals surface area contributed by atoms with Crippen LogP contribution < -0.4 is 5.32 Å². The van der Waals surface area contributed by atoms with Gasteiger partial charge in [0.25, 0.3) is 0 Å². The molecule has 0 saturated heterocycles. The molecule has 0 aliphatic heterocycles. The first-order chi connectivity index (χ1) is 14.1. The van der Waals surface area contributed by atoms with Crippen molar-refractivity contribution in [2.45, 2.75) is 25.8 Å². The van der Waals surface area contributed by atoms with E-state index in [-0.39, 0.29) is 11.8 Å². The zero-order chi connectivity index (χ0) is 20.2. The van der Waals surface area contributed by atoms with E-state index in [1.54, 1.807) is 6.20 Å². The summed E-state index contributed by atoms with van der Waals surface area (Å²) in [5, 5.41) is 4.22. The minimum Gasteiger partial charge on any atom is -0.350 e. The maximum Gasteiger partial charge on any atom is 0.221 e. The van der Waals surface area contributed by atoms with Crippen LogP contribution in [0.3, 0.4) is 0 Å². The zero-order valence-electron chi connectivity index (χ0n) is 16.8. The molecule has 1 atom stereocenters. The molecule has 0 aliphatic carbocycles. The van der Waals surface area contributed by atoms with Crippen molar-refractivity contribution in [3.8, 4) is 0 Å². The van der Waals surface area contributed by atoms with E-state index in [2.05, 4.69) is 77.5 Å². The number of rotatable bonds is 6. The lowest BCUT2D eigenvalue weighted by Crippen LogP contribution is -2.25. The smallest absolute Gasteiger partial charge is 0.221 e. The maximum atomic E-state index is 12.8. The van der Waals surface area contributed by atoms with Crippen LogP contribution in [0.5, 0.6) is 0 Å². The Morgan fingerprint density at radius 1 is 1.03 bits per heavy atom. The number of aromatic nitrogens is 2. The molecule has 2 heterocycles. The summed E-state index contributed by atoms with van der Waals surface area (Å²) in [5.74, 6) is 0.0135. The van der Waals surface area contributed by atoms with Crippen LogP contribution in [-0.4, -0.2) is 15.5 Å². The molecule has 146 valence electrons. The molecule has 0 unspecified atom stereocenters. The van der Waals surface area contributed by atoms with Crippen LogP contribution in [0.25, 0.3) is 10.9 Å². The quantitative estimate of drug-likeness (QED) is 0.524. The first-order valence-electron chi connectivity index (χ1n) is 9.89. The predicted molar refractivity (Wildman–Crippen MR) is 117 cm³/mol. The Kier molecular flexibility index (Phi) is 5.43. The highest BCUT2D eigenvalue weighted by molar-refractivity contribution is 5.86. The Morgan fingerprint density at radius 2 is 1.79 bits per heavy atom. The summed E-state index contributed by atoms with van der Waals surface area (Å²) in [6.45, 7) is 2.52. The Hall–Kier alpha value is -3.40. The molecule has 0 spiro atoms. The van der Waals surface area contributed by atoms with Crippen LogP contribution in [0, 0.1) is 6.92 Å². The number of carbonyl (C=O) groups is 1. The van der Waals surface area contributed by atoms with Crippen molar-refractivity contribution in [1.82, 2.24) is 14.9 Å². The van der Waals surface area contributed by atoms with Crippen LogP contribution in [0.15, 0.2) is 79.1 Å². The molecule has 0 saturated carbocycles. The number of fused-ring (bicyclic) bond motifs is 1. The van der Waals surface area contributed by atoms with E-state index in [1.807, 2.05) is 24.3 Å². The van der Waals surface area contributed by atoms with Gasteiger partial charge in [-0.3, -0.25) is 9.78 Å². The van der Waals surface area contributed by atoms with Gasteiger partial charge in [0.1, 0.15) is 0 Å². The van der Waals surface area contributed by atoms with Gasteiger partial charge in [-0.25, -0.2) is 0 Å². The van der Waals surface area contributed by atoms with Crippen molar-refractivity contribution in [3.05, 3.63) is 102 Å². The summed E-state index contributed by atoms with van der Waals surface area (Å²) in [6, 6.07) is 22.6. The van der Waals surface area contributed by atoms with Crippen molar-refractivity contribution in [2.75, 3.05) is 0 Å². The molecule has 4 nitrogen and oxygen atoms in total. The summed E-state index contributed by atoms with van der Waals surface area (Å²) in [5.41, 5.74) is 5.58. The van der Waals surface area contributed by atoms with Crippen LogP contribution >= 0.6 is 0 Å². The van der Waals surface area contributed by atoms with Gasteiger partial charge < -0.3 is 9.88 Å². The fraction of sp³-hybridized carbons (Fsp3) is 0.200. The number of pyridine rings is 1. The average Bonchev–Trinajstić information content (AvgIpc) is 3.09. The van der Waals surface area contributed by atoms with E-state index in [0.29, 0.717) is 13.0 Å². The fourth-order valence-corrected chi connectivity index (χ4v) is 3.81. The number of aryl methyl sites for hydroxylation is 2. The minimum atomic E-state index is -0.00886. The molecule has 0 radical (unpaired) electrons. The third kappa shape index (κ3) is 4.21. The predicted octanol–water partition coefficient (Wildman–Crippen LogP) is 4.72. The number of para-hydroxylation sites is 1. The second-order valence-electron chi connectivity index (χ2n) is 7.48. The Balaban J connectivity index is 1.63. The van der Waals surface area contributed by atoms with E-state index >= 15 is 0 Å². The van der Waals surface area contributed by atoms with Crippen molar-refractivity contribution < 1.29 is 4.79 Å². The fourth-order valence-electron chi connectivity index (χ4n) is 3.81. The maximum absolute atomic E-state index is 12.8. The molecule has 4 heteroatoms. The van der Waals surface area contributed by atoms with E-state index in [9.17, 15) is 4.79 Å². The first kappa shape index (κ1) is 18.9. The molecular weight excluding hydrogens is 358 g/mol. The van der Waals surface area contributed by atoms with Gasteiger partial charge >= 0.3 is 0 Å². The molecule has 0 fully saturated rings. The lowest BCUT2D eigenvalue weighted by molar-refractivity contribution is -0.121. The first-order valence-corrected chi connectivity index (χ1v) is 9.89. The largest absolute Gasteiger partial charge is 0.350 e. The zero-order valence-corrected chi connectivity index (χ0v) is 16.8. The number of amides is 1. The molecule has 0 bridgehead atoms. The van der Waals surface area contributed by atoms with E-state index in [0.717, 1.165) is 11.3 Å². The number of hydrogen-bond donors (Lipinski definition) is 1. The van der Waals surface area contributed by atoms with E-state index in [4.69, 9.17) is 0 Å². The minimum absolute atomic E-state index is 0.00886. The monoisotopic (exact) mass is 383 g/mol. The van der Waals surface area contributed by atoms with Crippen LogP contribution in [0.4, 0.5) is 0 Å². The summed E-state index contributed by atoms with van der Waals surface area (Å²) in [6.07, 6.45) is 4.29. The highest BCUT2D eigenvalue weighted by atomic mass is 16.1. The second kappa shape index (κ2) is 8.31. The van der Waals surface area contributed by atoms with Gasteiger partial charge in [-0.2, -0.15) is 0 Å². The summed E-state index contributed by atoms with van der Waals surface area (Å²) in [4.78, 5) is 17.1. The number of nitrogens with zero attached hydrogens (tertiary/aromatic N) is 2. The van der Waals surface area contributed by atoms with Gasteiger partial charge in [0, 0.05) is 42.7 Å². The molecular formula is C25H25N3O. The van der Waals surface area contributed by atoms with E-state index in [1.165, 1.54) is 22.0 Å². The van der Waals surface area contributed by atoms with Crippen molar-refractivity contribution >= 4 is 16.8 Å². The van der Waals surface area contributed by atoms with Gasteiger partial charge in [-0.05, 0) is 36.2 Å². The van der Waals surface area contributed by atoms with Crippen LogP contribution in [0.2, 0.25) is 0 Å². The standard InChI is InChI=1S/C25H25N3O/c1-18-10-12-19(13-11-18)22(15-25(29)27-16-20-7-5-6-14-26-20)23-17-28(2)24-9-4-3-8-21(23)24/h3-14,17,22H,15-16H2,1-2H3,(H,27,29)/t22-/m1/s1. The molecule has 29 heavy (non-hydrogen) atoms. The molecule has 4 aromatic rings. The third-order valence-corrected chi connectivity index (χ3v) is 5.37. The third-order valence-electron chi connectivity index (χ3n) is 5.37. The van der Waals surface area contributed by atoms with Gasteiger partial charge in [-0.15, -0.1) is 0 Å². The molecule has 2 aromatic heterocycles. The van der Waals surface area contributed by atoms with Crippen LogP contribution in [-0.2, 0) is 18.4 Å². The number of benzene rings is 2. The highest BCUT2D eigenvalue weighted by Gasteiger charge is 2.22. The Morgan fingerprint density at radius 3 is 2.55 bits per heavy atom. The van der Waals surface area contributed by atoms with E-state index < -0.39 is 0 Å². The molecule has 1 N–H and O–H groups in total. The number of carbonyl (C=O) groups excluding carboxylic acids is 1. The number of nitrogens with one attached hydrogen (secondary N) is 1. The SMILES string of the molecule is Cc1ccc([C@@H](CC(=O)NCc2ccccn2)c2cn(C)c3ccccc23)cc1. The normalized spacial score (nSPS) is 12.1. The second-order valence-corrected chi connectivity index (χ2v) is 7.48. The average molecular weight is 383 g/mol. The summed E-state index contributed by atoms with van der Waals surface area (Å²) in [7, 11) is 2.05. The van der Waals surface area contributed by atoms with Crippen molar-refractivity contribution in [2.24, 2.45) is 7.05 Å². The van der Waals surface area contributed by atoms with Crippen LogP contribution in [0.1, 0.15) is 34.7 Å². The number of hydrogen-bond acceptors (Lipinski definition) is 2. The topological polar surface area (TPSA) is 46.9 Å². The lowest BCUT2D eigenvalue weighted by atomic mass is 9.87.